The van der Waals surface area contributed by atoms with Gasteiger partial charge in [-0.1, -0.05) is 18.2 Å². The number of nitrogens with one attached hydrogen (secondary N) is 1. The highest BCUT2D eigenvalue weighted by Gasteiger charge is 2.46. The molecule has 0 aromatic heterocycles. The summed E-state index contributed by atoms with van der Waals surface area (Å²) in [6.07, 6.45) is -10.7. The SMILES string of the molecule is Nc1c(C(F)(F)F)cc(C[C@@H](OC(=O)N2CCC3(CC2)OC(=O)Nc2ccccc23)C(=O)N2CCC(N3CCCC3)CC2)cc1C(F)(F)F. The minimum atomic E-state index is -5.21. The normalized spacial score (nSPS) is 20.8. The monoisotopic (exact) mass is 697 g/mol. The molecular weight excluding hydrogens is 660 g/mol. The van der Waals surface area contributed by atoms with E-state index in [-0.39, 0.29) is 32.0 Å². The standard InChI is InChI=1S/C33H37F6N5O5/c34-32(35,36)23-17-20(18-24(27(23)40)33(37,38)39)19-26(28(45)43-13-7-21(8-14-43)42-11-3-4-12-42)48-30(47)44-15-9-31(10-16-44)22-5-1-2-6-25(22)41-29(46)49-31/h1-2,5-6,17-18,21,26H,3-4,7-16,19,40H2,(H,41,46)/t26-/m1/s1. The lowest BCUT2D eigenvalue weighted by molar-refractivity contribution is -0.142. The van der Waals surface area contributed by atoms with E-state index in [1.807, 2.05) is 0 Å². The molecule has 2 aromatic carbocycles. The molecule has 3 N–H and O–H groups in total. The number of likely N-dealkylation sites (tertiary alicyclic amines) is 3. The van der Waals surface area contributed by atoms with Gasteiger partial charge in [-0.05, 0) is 62.5 Å². The number of nitrogens with two attached hydrogens (primary N) is 1. The summed E-state index contributed by atoms with van der Waals surface area (Å²) in [6, 6.07) is 8.26. The first-order chi connectivity index (χ1) is 23.1. The van der Waals surface area contributed by atoms with Crippen LogP contribution in [0.1, 0.15) is 60.8 Å². The van der Waals surface area contributed by atoms with E-state index >= 15 is 0 Å². The number of fused-ring (bicyclic) bond motifs is 2. The van der Waals surface area contributed by atoms with E-state index in [1.54, 1.807) is 24.3 Å². The van der Waals surface area contributed by atoms with Crippen molar-refractivity contribution in [3.63, 3.8) is 0 Å². The molecule has 0 unspecified atom stereocenters. The van der Waals surface area contributed by atoms with E-state index < -0.39 is 70.9 Å². The zero-order chi connectivity index (χ0) is 35.1. The van der Waals surface area contributed by atoms with Crippen LogP contribution in [0.25, 0.3) is 0 Å². The summed E-state index contributed by atoms with van der Waals surface area (Å²) in [6.45, 7) is 2.58. The number of alkyl halides is 6. The maximum Gasteiger partial charge on any atom is 0.418 e. The fraction of sp³-hybridized carbons (Fsp3) is 0.545. The van der Waals surface area contributed by atoms with Crippen molar-refractivity contribution in [2.45, 2.75) is 75.0 Å². The Morgan fingerprint density at radius 1 is 0.918 bits per heavy atom. The summed E-state index contributed by atoms with van der Waals surface area (Å²) in [5.41, 5.74) is 0.242. The van der Waals surface area contributed by atoms with Crippen LogP contribution in [0.3, 0.4) is 0 Å². The number of hydrogen-bond donors (Lipinski definition) is 2. The Morgan fingerprint density at radius 3 is 2.10 bits per heavy atom. The number of rotatable bonds is 5. The zero-order valence-corrected chi connectivity index (χ0v) is 26.5. The highest BCUT2D eigenvalue weighted by atomic mass is 19.4. The molecule has 266 valence electrons. The summed E-state index contributed by atoms with van der Waals surface area (Å²) in [5.74, 6) is -0.707. The first-order valence-corrected chi connectivity index (χ1v) is 16.3. The van der Waals surface area contributed by atoms with Gasteiger partial charge in [0.25, 0.3) is 5.91 Å². The van der Waals surface area contributed by atoms with E-state index in [9.17, 15) is 40.7 Å². The molecule has 1 spiro atoms. The van der Waals surface area contributed by atoms with Crippen LogP contribution < -0.4 is 11.1 Å². The van der Waals surface area contributed by atoms with E-state index in [0.717, 1.165) is 31.5 Å². The van der Waals surface area contributed by atoms with Crippen LogP contribution in [0.5, 0.6) is 0 Å². The van der Waals surface area contributed by atoms with Gasteiger partial charge in [0.05, 0.1) is 22.5 Å². The molecule has 3 saturated heterocycles. The first-order valence-electron chi connectivity index (χ1n) is 16.3. The van der Waals surface area contributed by atoms with Gasteiger partial charge in [0.15, 0.2) is 6.10 Å². The number of carbonyl (C=O) groups is 3. The van der Waals surface area contributed by atoms with Gasteiger partial charge in [-0.25, -0.2) is 9.59 Å². The lowest BCUT2D eigenvalue weighted by atomic mass is 9.82. The number of piperidine rings is 2. The van der Waals surface area contributed by atoms with Crippen LogP contribution in [-0.4, -0.2) is 84.2 Å². The van der Waals surface area contributed by atoms with Crippen molar-refractivity contribution in [1.82, 2.24) is 14.7 Å². The number of nitrogen functional groups attached to an aromatic ring is 1. The molecule has 0 radical (unpaired) electrons. The van der Waals surface area contributed by atoms with Crippen molar-refractivity contribution in [1.29, 1.82) is 0 Å². The Labute approximate surface area is 278 Å². The third-order valence-electron chi connectivity index (χ3n) is 10.00. The van der Waals surface area contributed by atoms with Crippen LogP contribution >= 0.6 is 0 Å². The molecule has 6 rings (SSSR count). The number of benzene rings is 2. The van der Waals surface area contributed by atoms with Gasteiger partial charge in [0.2, 0.25) is 0 Å². The number of carbonyl (C=O) groups excluding carboxylic acids is 3. The number of anilines is 2. The average molecular weight is 698 g/mol. The molecule has 4 heterocycles. The molecule has 0 aliphatic carbocycles. The highest BCUT2D eigenvalue weighted by molar-refractivity contribution is 5.89. The molecule has 1 atom stereocenters. The van der Waals surface area contributed by atoms with Gasteiger partial charge >= 0.3 is 24.5 Å². The van der Waals surface area contributed by atoms with E-state index in [4.69, 9.17) is 15.2 Å². The van der Waals surface area contributed by atoms with Gasteiger partial charge in [-0.3, -0.25) is 10.1 Å². The average Bonchev–Trinajstić information content (AvgIpc) is 3.59. The topological polar surface area (TPSA) is 117 Å². The number of amides is 3. The van der Waals surface area contributed by atoms with E-state index in [1.165, 1.54) is 9.80 Å². The number of ether oxygens (including phenoxy) is 2. The van der Waals surface area contributed by atoms with Crippen molar-refractivity contribution >= 4 is 29.5 Å². The van der Waals surface area contributed by atoms with Gasteiger partial charge in [0.1, 0.15) is 5.60 Å². The Hall–Kier alpha value is -4.21. The molecule has 4 aliphatic heterocycles. The van der Waals surface area contributed by atoms with Crippen LogP contribution in [0.2, 0.25) is 0 Å². The number of para-hydroxylation sites is 1. The Balaban J connectivity index is 1.22. The van der Waals surface area contributed by atoms with Crippen molar-refractivity contribution in [3.05, 3.63) is 58.7 Å². The predicted octanol–water partition coefficient (Wildman–Crippen LogP) is 5.99. The Kier molecular flexibility index (Phi) is 9.37. The Morgan fingerprint density at radius 2 is 1.51 bits per heavy atom. The predicted molar refractivity (Wildman–Crippen MR) is 164 cm³/mol. The molecule has 3 amide bonds. The molecule has 49 heavy (non-hydrogen) atoms. The summed E-state index contributed by atoms with van der Waals surface area (Å²) in [5, 5.41) is 2.65. The van der Waals surface area contributed by atoms with E-state index in [0.29, 0.717) is 43.8 Å². The minimum absolute atomic E-state index is 0.0426. The van der Waals surface area contributed by atoms with Gasteiger partial charge < -0.3 is 29.9 Å². The van der Waals surface area contributed by atoms with Crippen LogP contribution in [0, 0.1) is 0 Å². The summed E-state index contributed by atoms with van der Waals surface area (Å²) < 4.78 is 94.2. The summed E-state index contributed by atoms with van der Waals surface area (Å²) >= 11 is 0. The third-order valence-corrected chi connectivity index (χ3v) is 10.00. The molecular formula is C33H37F6N5O5. The molecule has 3 fully saturated rings. The van der Waals surface area contributed by atoms with Crippen LogP contribution in [0.4, 0.5) is 47.3 Å². The second-order valence-electron chi connectivity index (χ2n) is 13.0. The van der Waals surface area contributed by atoms with Crippen molar-refractivity contribution in [2.75, 3.05) is 50.3 Å². The number of nitrogens with zero attached hydrogens (tertiary/aromatic N) is 3. The molecule has 0 bridgehead atoms. The van der Waals surface area contributed by atoms with Crippen LogP contribution in [-0.2, 0) is 38.6 Å². The van der Waals surface area contributed by atoms with Crippen molar-refractivity contribution in [2.24, 2.45) is 0 Å². The number of halogens is 6. The Bertz CT molecular complexity index is 1540. The van der Waals surface area contributed by atoms with Crippen molar-refractivity contribution in [3.8, 4) is 0 Å². The second-order valence-corrected chi connectivity index (χ2v) is 13.0. The smallest absolute Gasteiger partial charge is 0.418 e. The van der Waals surface area contributed by atoms with Crippen LogP contribution in [0.15, 0.2) is 36.4 Å². The van der Waals surface area contributed by atoms with Gasteiger partial charge in [-0.2, -0.15) is 26.3 Å². The zero-order valence-electron chi connectivity index (χ0n) is 26.5. The largest absolute Gasteiger partial charge is 0.438 e. The minimum Gasteiger partial charge on any atom is -0.438 e. The fourth-order valence-corrected chi connectivity index (χ4v) is 7.43. The first kappa shape index (κ1) is 34.6. The molecule has 2 aromatic rings. The molecule has 4 aliphatic rings. The third kappa shape index (κ3) is 7.24. The maximum absolute atomic E-state index is 13.9. The van der Waals surface area contributed by atoms with Crippen molar-refractivity contribution < 1.29 is 50.2 Å². The summed E-state index contributed by atoms with van der Waals surface area (Å²) in [7, 11) is 0. The molecule has 0 saturated carbocycles. The lowest BCUT2D eigenvalue weighted by Gasteiger charge is -2.44. The summed E-state index contributed by atoms with van der Waals surface area (Å²) in [4.78, 5) is 44.8. The number of hydrogen-bond acceptors (Lipinski definition) is 7. The van der Waals surface area contributed by atoms with Gasteiger partial charge in [0, 0.05) is 57.0 Å². The molecule has 16 heteroatoms. The fourth-order valence-electron chi connectivity index (χ4n) is 7.43. The van der Waals surface area contributed by atoms with E-state index in [2.05, 4.69) is 10.2 Å². The second kappa shape index (κ2) is 13.2. The maximum atomic E-state index is 13.9. The molecule has 10 nitrogen and oxygen atoms in total. The van der Waals surface area contributed by atoms with Gasteiger partial charge in [-0.15, -0.1) is 0 Å². The lowest BCUT2D eigenvalue weighted by Crippen LogP contribution is -2.52. The highest BCUT2D eigenvalue weighted by Crippen LogP contribution is 2.44. The quantitative estimate of drug-likeness (QED) is 0.291.